The minimum atomic E-state index is -0.469. The second-order valence-corrected chi connectivity index (χ2v) is 4.15. The first-order valence-corrected chi connectivity index (χ1v) is 6.47. The Hall–Kier alpha value is -2.83. The van der Waals surface area contributed by atoms with Gasteiger partial charge in [0.1, 0.15) is 11.6 Å². The SMILES string of the molecule is CCOc1ccc(Nc2nc(NC)ccc2[N+](=O)[O-])cc1. The Morgan fingerprint density at radius 3 is 2.52 bits per heavy atom. The molecule has 2 N–H and O–H groups in total. The van der Waals surface area contributed by atoms with E-state index in [1.807, 2.05) is 6.92 Å². The molecular formula is C14H16N4O3. The van der Waals surface area contributed by atoms with Crippen LogP contribution in [-0.4, -0.2) is 23.6 Å². The number of nitrogens with zero attached hydrogens (tertiary/aromatic N) is 2. The van der Waals surface area contributed by atoms with Crippen LogP contribution in [0, 0.1) is 10.1 Å². The van der Waals surface area contributed by atoms with Crippen LogP contribution in [0.15, 0.2) is 36.4 Å². The van der Waals surface area contributed by atoms with Gasteiger partial charge in [-0.2, -0.15) is 0 Å². The first-order valence-electron chi connectivity index (χ1n) is 6.47. The van der Waals surface area contributed by atoms with E-state index in [0.29, 0.717) is 18.1 Å². The van der Waals surface area contributed by atoms with Crippen LogP contribution < -0.4 is 15.4 Å². The summed E-state index contributed by atoms with van der Waals surface area (Å²) in [5.41, 5.74) is 0.616. The van der Waals surface area contributed by atoms with E-state index in [-0.39, 0.29) is 11.5 Å². The fourth-order valence-electron chi connectivity index (χ4n) is 1.77. The van der Waals surface area contributed by atoms with Crippen molar-refractivity contribution in [2.75, 3.05) is 24.3 Å². The molecule has 110 valence electrons. The van der Waals surface area contributed by atoms with Gasteiger partial charge in [0.25, 0.3) is 0 Å². The lowest BCUT2D eigenvalue weighted by Gasteiger charge is -2.09. The number of pyridine rings is 1. The molecule has 0 unspecified atom stereocenters. The molecule has 1 heterocycles. The minimum absolute atomic E-state index is 0.0807. The number of anilines is 3. The molecule has 2 aromatic rings. The van der Waals surface area contributed by atoms with Crippen molar-refractivity contribution in [2.24, 2.45) is 0 Å². The third kappa shape index (κ3) is 3.59. The Labute approximate surface area is 122 Å². The molecule has 7 nitrogen and oxygen atoms in total. The molecule has 0 aliphatic carbocycles. The molecule has 0 aliphatic heterocycles. The molecule has 21 heavy (non-hydrogen) atoms. The quantitative estimate of drug-likeness (QED) is 0.627. The first-order chi connectivity index (χ1) is 10.1. The van der Waals surface area contributed by atoms with Gasteiger partial charge in [0, 0.05) is 18.8 Å². The van der Waals surface area contributed by atoms with Gasteiger partial charge in [-0.25, -0.2) is 4.98 Å². The zero-order chi connectivity index (χ0) is 15.2. The van der Waals surface area contributed by atoms with Gasteiger partial charge < -0.3 is 15.4 Å². The standard InChI is InChI=1S/C14H16N4O3/c1-3-21-11-6-4-10(5-7-11)16-14-12(18(19)20)8-9-13(15-2)17-14/h4-9H,3H2,1-2H3,(H2,15,16,17). The summed E-state index contributed by atoms with van der Waals surface area (Å²) in [6, 6.07) is 10.1. The average molecular weight is 288 g/mol. The van der Waals surface area contributed by atoms with Crippen molar-refractivity contribution in [3.05, 3.63) is 46.5 Å². The number of hydrogen-bond donors (Lipinski definition) is 2. The highest BCUT2D eigenvalue weighted by Gasteiger charge is 2.16. The number of ether oxygens (including phenoxy) is 1. The molecule has 0 aliphatic rings. The Bertz CT molecular complexity index is 629. The highest BCUT2D eigenvalue weighted by Crippen LogP contribution is 2.27. The molecule has 0 amide bonds. The molecule has 2 rings (SSSR count). The monoisotopic (exact) mass is 288 g/mol. The molecule has 0 bridgehead atoms. The molecule has 1 aromatic carbocycles. The molecule has 1 aromatic heterocycles. The zero-order valence-corrected chi connectivity index (χ0v) is 11.8. The lowest BCUT2D eigenvalue weighted by atomic mass is 10.3. The van der Waals surface area contributed by atoms with E-state index in [4.69, 9.17) is 4.74 Å². The molecule has 0 radical (unpaired) electrons. The molecule has 0 saturated heterocycles. The van der Waals surface area contributed by atoms with Gasteiger partial charge in [-0.05, 0) is 37.3 Å². The molecule has 7 heteroatoms. The second-order valence-electron chi connectivity index (χ2n) is 4.15. The lowest BCUT2D eigenvalue weighted by molar-refractivity contribution is -0.384. The van der Waals surface area contributed by atoms with Crippen LogP contribution in [-0.2, 0) is 0 Å². The molecule has 0 spiro atoms. The number of rotatable bonds is 6. The third-order valence-corrected chi connectivity index (χ3v) is 2.75. The average Bonchev–Trinajstić information content (AvgIpc) is 2.49. The van der Waals surface area contributed by atoms with E-state index < -0.39 is 4.92 Å². The van der Waals surface area contributed by atoms with Crippen molar-refractivity contribution in [2.45, 2.75) is 6.92 Å². The number of benzene rings is 1. The predicted molar refractivity (Wildman–Crippen MR) is 81.3 cm³/mol. The minimum Gasteiger partial charge on any atom is -0.494 e. The van der Waals surface area contributed by atoms with E-state index >= 15 is 0 Å². The molecule has 0 atom stereocenters. The number of hydrogen-bond acceptors (Lipinski definition) is 6. The van der Waals surface area contributed by atoms with Crippen molar-refractivity contribution < 1.29 is 9.66 Å². The number of nitro groups is 1. The van der Waals surface area contributed by atoms with Crippen LogP contribution >= 0.6 is 0 Å². The van der Waals surface area contributed by atoms with Gasteiger partial charge in [-0.1, -0.05) is 0 Å². The fourth-order valence-corrected chi connectivity index (χ4v) is 1.77. The Balaban J connectivity index is 2.26. The summed E-state index contributed by atoms with van der Waals surface area (Å²) in [6.45, 7) is 2.49. The predicted octanol–water partition coefficient (Wildman–Crippen LogP) is 3.17. The number of aromatic nitrogens is 1. The first kappa shape index (κ1) is 14.6. The lowest BCUT2D eigenvalue weighted by Crippen LogP contribution is -2.02. The van der Waals surface area contributed by atoms with E-state index in [2.05, 4.69) is 15.6 Å². The Morgan fingerprint density at radius 1 is 1.24 bits per heavy atom. The largest absolute Gasteiger partial charge is 0.494 e. The topological polar surface area (TPSA) is 89.3 Å². The van der Waals surface area contributed by atoms with E-state index in [1.54, 1.807) is 37.4 Å². The summed E-state index contributed by atoms with van der Waals surface area (Å²) < 4.78 is 5.35. The smallest absolute Gasteiger partial charge is 0.311 e. The van der Waals surface area contributed by atoms with Gasteiger partial charge in [0.2, 0.25) is 5.82 Å². The summed E-state index contributed by atoms with van der Waals surface area (Å²) >= 11 is 0. The number of nitrogens with one attached hydrogen (secondary N) is 2. The fraction of sp³-hybridized carbons (Fsp3) is 0.214. The van der Waals surface area contributed by atoms with Gasteiger partial charge in [0.15, 0.2) is 0 Å². The summed E-state index contributed by atoms with van der Waals surface area (Å²) in [5, 5.41) is 16.8. The van der Waals surface area contributed by atoms with Crippen LogP contribution in [0.2, 0.25) is 0 Å². The van der Waals surface area contributed by atoms with E-state index in [1.165, 1.54) is 6.07 Å². The summed E-state index contributed by atoms with van der Waals surface area (Å²) in [6.07, 6.45) is 0. The van der Waals surface area contributed by atoms with Crippen LogP contribution in [0.5, 0.6) is 5.75 Å². The van der Waals surface area contributed by atoms with Crippen LogP contribution in [0.3, 0.4) is 0 Å². The highest BCUT2D eigenvalue weighted by atomic mass is 16.6. The molecule has 0 saturated carbocycles. The van der Waals surface area contributed by atoms with Gasteiger partial charge in [-0.3, -0.25) is 10.1 Å². The molecule has 0 fully saturated rings. The van der Waals surface area contributed by atoms with Crippen molar-refractivity contribution in [1.82, 2.24) is 4.98 Å². The second kappa shape index (κ2) is 6.56. The Kier molecular flexibility index (Phi) is 4.55. The van der Waals surface area contributed by atoms with Crippen molar-refractivity contribution in [1.29, 1.82) is 0 Å². The normalized spacial score (nSPS) is 10.0. The molecular weight excluding hydrogens is 272 g/mol. The summed E-state index contributed by atoms with van der Waals surface area (Å²) in [4.78, 5) is 14.7. The van der Waals surface area contributed by atoms with Gasteiger partial charge >= 0.3 is 5.69 Å². The van der Waals surface area contributed by atoms with Crippen molar-refractivity contribution >= 4 is 23.0 Å². The highest BCUT2D eigenvalue weighted by molar-refractivity contribution is 5.67. The Morgan fingerprint density at radius 2 is 1.95 bits per heavy atom. The van der Waals surface area contributed by atoms with Crippen LogP contribution in [0.25, 0.3) is 0 Å². The van der Waals surface area contributed by atoms with E-state index in [9.17, 15) is 10.1 Å². The maximum Gasteiger partial charge on any atom is 0.311 e. The van der Waals surface area contributed by atoms with Crippen LogP contribution in [0.1, 0.15) is 6.92 Å². The third-order valence-electron chi connectivity index (χ3n) is 2.75. The van der Waals surface area contributed by atoms with Crippen molar-refractivity contribution in [3.8, 4) is 5.75 Å². The summed E-state index contributed by atoms with van der Waals surface area (Å²) in [5.74, 6) is 1.49. The maximum absolute atomic E-state index is 11.0. The van der Waals surface area contributed by atoms with Crippen molar-refractivity contribution in [3.63, 3.8) is 0 Å². The maximum atomic E-state index is 11.0. The summed E-state index contributed by atoms with van der Waals surface area (Å²) in [7, 11) is 1.70. The van der Waals surface area contributed by atoms with Gasteiger partial charge in [0.05, 0.1) is 11.5 Å². The van der Waals surface area contributed by atoms with Crippen LogP contribution in [0.4, 0.5) is 23.0 Å². The van der Waals surface area contributed by atoms with Gasteiger partial charge in [-0.15, -0.1) is 0 Å². The zero-order valence-electron chi connectivity index (χ0n) is 11.8. The van der Waals surface area contributed by atoms with E-state index in [0.717, 1.165) is 5.75 Å².